The number of imide groups is 1. The van der Waals surface area contributed by atoms with Gasteiger partial charge < -0.3 is 14.2 Å². The number of thioether (sulfide) groups is 1. The van der Waals surface area contributed by atoms with Crippen molar-refractivity contribution >= 4 is 35.0 Å². The van der Waals surface area contributed by atoms with E-state index in [4.69, 9.17) is 9.47 Å². The first-order valence-corrected chi connectivity index (χ1v) is 8.87. The highest BCUT2D eigenvalue weighted by Gasteiger charge is 2.37. The van der Waals surface area contributed by atoms with Crippen LogP contribution in [0.3, 0.4) is 0 Å². The molecule has 7 nitrogen and oxygen atoms in total. The molecule has 0 radical (unpaired) electrons. The van der Waals surface area contributed by atoms with Crippen molar-refractivity contribution in [3.05, 3.63) is 28.7 Å². The summed E-state index contributed by atoms with van der Waals surface area (Å²) in [5.41, 5.74) is 0.682. The summed E-state index contributed by atoms with van der Waals surface area (Å²) >= 11 is 0.920. The summed E-state index contributed by atoms with van der Waals surface area (Å²) in [5.74, 6) is -0.0132. The lowest BCUT2D eigenvalue weighted by molar-refractivity contribution is -0.143. The van der Waals surface area contributed by atoms with Crippen LogP contribution in [0.15, 0.2) is 23.1 Å². The van der Waals surface area contributed by atoms with Crippen LogP contribution >= 0.6 is 11.8 Å². The Balaban J connectivity index is 2.21. The zero-order chi connectivity index (χ0) is 19.3. The smallest absolute Gasteiger partial charge is 0.343 e. The molecule has 2 rings (SSSR count). The van der Waals surface area contributed by atoms with Gasteiger partial charge in [0, 0.05) is 6.04 Å². The number of nitrogens with zero attached hydrogens (tertiary/aromatic N) is 1. The summed E-state index contributed by atoms with van der Waals surface area (Å²) in [6, 6.07) is 4.87. The molecule has 1 saturated heterocycles. The number of esters is 1. The molecular formula is C18H21NO6S. The van der Waals surface area contributed by atoms with Crippen LogP contribution in [0.25, 0.3) is 6.08 Å². The molecule has 0 spiro atoms. The Bertz CT molecular complexity index is 745. The predicted octanol–water partition coefficient (Wildman–Crippen LogP) is 3.08. The average molecular weight is 379 g/mol. The second-order valence-electron chi connectivity index (χ2n) is 5.58. The van der Waals surface area contributed by atoms with Gasteiger partial charge in [0.1, 0.15) is 0 Å². The number of hydrogen-bond donors (Lipinski definition) is 0. The van der Waals surface area contributed by atoms with Crippen LogP contribution in [-0.4, -0.2) is 48.9 Å². The van der Waals surface area contributed by atoms with Crippen molar-refractivity contribution in [1.29, 1.82) is 0 Å². The van der Waals surface area contributed by atoms with Crippen LogP contribution < -0.4 is 9.47 Å². The first-order chi connectivity index (χ1) is 12.4. The lowest BCUT2D eigenvalue weighted by atomic mass is 10.1. The van der Waals surface area contributed by atoms with E-state index in [1.807, 2.05) is 13.8 Å². The van der Waals surface area contributed by atoms with Crippen molar-refractivity contribution in [2.24, 2.45) is 0 Å². The predicted molar refractivity (Wildman–Crippen MR) is 98.1 cm³/mol. The zero-order valence-electron chi connectivity index (χ0n) is 15.1. The molecule has 0 bridgehead atoms. The zero-order valence-corrected chi connectivity index (χ0v) is 15.9. The fraction of sp³-hybridized carbons (Fsp3) is 0.389. The van der Waals surface area contributed by atoms with Crippen molar-refractivity contribution in [3.8, 4) is 11.5 Å². The van der Waals surface area contributed by atoms with Crippen LogP contribution in [0.5, 0.6) is 11.5 Å². The highest BCUT2D eigenvalue weighted by molar-refractivity contribution is 8.18. The van der Waals surface area contributed by atoms with Crippen LogP contribution in [0.4, 0.5) is 4.79 Å². The molecule has 2 amide bonds. The van der Waals surface area contributed by atoms with Crippen LogP contribution in [-0.2, 0) is 14.3 Å². The molecule has 0 N–H and O–H groups in total. The maximum Gasteiger partial charge on any atom is 0.343 e. The lowest BCUT2D eigenvalue weighted by Gasteiger charge is -2.19. The Morgan fingerprint density at radius 1 is 1.27 bits per heavy atom. The van der Waals surface area contributed by atoms with Crippen LogP contribution in [0, 0.1) is 0 Å². The third-order valence-corrected chi connectivity index (χ3v) is 4.80. The van der Waals surface area contributed by atoms with E-state index in [1.165, 1.54) is 19.1 Å². The van der Waals surface area contributed by atoms with E-state index >= 15 is 0 Å². The highest BCUT2D eigenvalue weighted by atomic mass is 32.2. The SMILES string of the molecule is CC[C@H](C)N1C(=O)S/C(=C\c2ccc(OCC(=O)OC)c(OC)c2)C1=O. The van der Waals surface area contributed by atoms with Gasteiger partial charge in [-0.05, 0) is 48.9 Å². The third-order valence-electron chi connectivity index (χ3n) is 3.91. The molecule has 1 aromatic rings. The summed E-state index contributed by atoms with van der Waals surface area (Å²) in [5, 5.41) is -0.263. The van der Waals surface area contributed by atoms with Crippen molar-refractivity contribution in [2.45, 2.75) is 26.3 Å². The van der Waals surface area contributed by atoms with E-state index < -0.39 is 5.97 Å². The molecule has 0 saturated carbocycles. The minimum atomic E-state index is -0.505. The Hall–Kier alpha value is -2.48. The number of methoxy groups -OCH3 is 2. The summed E-state index contributed by atoms with van der Waals surface area (Å²) in [4.78, 5) is 37.4. The number of rotatable bonds is 7. The minimum Gasteiger partial charge on any atom is -0.493 e. The Morgan fingerprint density at radius 2 is 2.00 bits per heavy atom. The van der Waals surface area contributed by atoms with Gasteiger partial charge in [0.25, 0.3) is 11.1 Å². The lowest BCUT2D eigenvalue weighted by Crippen LogP contribution is -2.36. The topological polar surface area (TPSA) is 82.1 Å². The molecule has 0 unspecified atom stereocenters. The number of benzene rings is 1. The van der Waals surface area contributed by atoms with Gasteiger partial charge in [0.2, 0.25) is 0 Å². The second-order valence-corrected chi connectivity index (χ2v) is 6.58. The summed E-state index contributed by atoms with van der Waals surface area (Å²) in [7, 11) is 2.75. The molecule has 1 atom stereocenters. The minimum absolute atomic E-state index is 0.142. The molecule has 1 fully saturated rings. The van der Waals surface area contributed by atoms with Crippen LogP contribution in [0.1, 0.15) is 25.8 Å². The summed E-state index contributed by atoms with van der Waals surface area (Å²) in [6.07, 6.45) is 2.34. The van der Waals surface area contributed by atoms with E-state index in [2.05, 4.69) is 4.74 Å². The van der Waals surface area contributed by atoms with Crippen molar-refractivity contribution in [3.63, 3.8) is 0 Å². The maximum absolute atomic E-state index is 12.5. The Labute approximate surface area is 156 Å². The number of carbonyl (C=O) groups excluding carboxylic acids is 3. The quantitative estimate of drug-likeness (QED) is 0.532. The molecule has 26 heavy (non-hydrogen) atoms. The van der Waals surface area contributed by atoms with E-state index in [1.54, 1.807) is 24.3 Å². The van der Waals surface area contributed by atoms with E-state index in [0.717, 1.165) is 11.8 Å². The van der Waals surface area contributed by atoms with Gasteiger partial charge in [0.05, 0.1) is 19.1 Å². The molecule has 1 aliphatic heterocycles. The molecule has 1 heterocycles. The van der Waals surface area contributed by atoms with Gasteiger partial charge >= 0.3 is 5.97 Å². The van der Waals surface area contributed by atoms with E-state index in [0.29, 0.717) is 28.4 Å². The standard InChI is InChI=1S/C18H21NO6S/c1-5-11(2)19-17(21)15(26-18(19)22)9-12-6-7-13(14(8-12)23-3)25-10-16(20)24-4/h6-9,11H,5,10H2,1-4H3/b15-9-/t11-/m0/s1. The monoisotopic (exact) mass is 379 g/mol. The first kappa shape index (κ1) is 19.8. The van der Waals surface area contributed by atoms with Crippen molar-refractivity contribution in [1.82, 2.24) is 4.90 Å². The van der Waals surface area contributed by atoms with Crippen LogP contribution in [0.2, 0.25) is 0 Å². The molecular weight excluding hydrogens is 358 g/mol. The van der Waals surface area contributed by atoms with Gasteiger partial charge in [-0.15, -0.1) is 0 Å². The molecule has 140 valence electrons. The fourth-order valence-corrected chi connectivity index (χ4v) is 3.21. The van der Waals surface area contributed by atoms with Crippen molar-refractivity contribution < 1.29 is 28.6 Å². The first-order valence-electron chi connectivity index (χ1n) is 8.06. The summed E-state index contributed by atoms with van der Waals surface area (Å²) in [6.45, 7) is 3.53. The van der Waals surface area contributed by atoms with Gasteiger partial charge in [-0.1, -0.05) is 13.0 Å². The third kappa shape index (κ3) is 4.37. The average Bonchev–Trinajstić information content (AvgIpc) is 2.92. The molecule has 8 heteroatoms. The Kier molecular flexibility index (Phi) is 6.68. The maximum atomic E-state index is 12.5. The van der Waals surface area contributed by atoms with Gasteiger partial charge in [-0.3, -0.25) is 14.5 Å². The number of ether oxygens (including phenoxy) is 3. The largest absolute Gasteiger partial charge is 0.493 e. The normalized spacial score (nSPS) is 16.8. The van der Waals surface area contributed by atoms with Gasteiger partial charge in [-0.25, -0.2) is 4.79 Å². The Morgan fingerprint density at radius 3 is 2.62 bits per heavy atom. The second kappa shape index (κ2) is 8.75. The summed E-state index contributed by atoms with van der Waals surface area (Å²) < 4.78 is 15.1. The number of carbonyl (C=O) groups is 3. The molecule has 0 aromatic heterocycles. The van der Waals surface area contributed by atoms with Gasteiger partial charge in [0.15, 0.2) is 18.1 Å². The highest BCUT2D eigenvalue weighted by Crippen LogP contribution is 2.35. The molecule has 0 aliphatic carbocycles. The van der Waals surface area contributed by atoms with E-state index in [9.17, 15) is 14.4 Å². The van der Waals surface area contributed by atoms with Gasteiger partial charge in [-0.2, -0.15) is 0 Å². The molecule has 1 aliphatic rings. The molecule has 1 aromatic carbocycles. The fourth-order valence-electron chi connectivity index (χ4n) is 2.28. The van der Waals surface area contributed by atoms with E-state index in [-0.39, 0.29) is 23.8 Å². The number of amides is 2. The van der Waals surface area contributed by atoms with Crippen molar-refractivity contribution in [2.75, 3.05) is 20.8 Å². The number of hydrogen-bond acceptors (Lipinski definition) is 7.